The van der Waals surface area contributed by atoms with Crippen molar-refractivity contribution in [2.75, 3.05) is 0 Å². The molecule has 0 radical (unpaired) electrons. The van der Waals surface area contributed by atoms with E-state index in [2.05, 4.69) is 4.98 Å². The maximum absolute atomic E-state index is 11.4. The minimum Gasteiger partial charge on any atom is -0.507 e. The van der Waals surface area contributed by atoms with Gasteiger partial charge in [0, 0.05) is 0 Å². The number of aromatic hydroxyl groups is 1. The zero-order valence-corrected chi connectivity index (χ0v) is 7.15. The molecule has 70 valence electrons. The first kappa shape index (κ1) is 8.50. The molecule has 0 amide bonds. The average molecular weight is 189 g/mol. The molecule has 0 aliphatic rings. The number of phenols is 1. The molecule has 1 heterocycles. The molecule has 1 aromatic heterocycles. The predicted octanol–water partition coefficient (Wildman–Crippen LogP) is 1.05. The summed E-state index contributed by atoms with van der Waals surface area (Å²) in [5.41, 5.74) is -0.254. The molecule has 0 unspecified atom stereocenters. The van der Waals surface area contributed by atoms with E-state index < -0.39 is 5.56 Å². The summed E-state index contributed by atoms with van der Waals surface area (Å²) in [6.07, 6.45) is 0.560. The van der Waals surface area contributed by atoms with Crippen LogP contribution in [0, 0.1) is 0 Å². The number of rotatable bonds is 1. The summed E-state index contributed by atoms with van der Waals surface area (Å²) < 4.78 is 0. The molecule has 0 atom stereocenters. The van der Waals surface area contributed by atoms with Gasteiger partial charge in [0.25, 0.3) is 5.56 Å². The Hall–Kier alpha value is -2.10. The number of aldehydes is 1. The van der Waals surface area contributed by atoms with Crippen molar-refractivity contribution in [3.8, 4) is 5.75 Å². The van der Waals surface area contributed by atoms with Crippen LogP contribution in [0.25, 0.3) is 10.8 Å². The number of aromatic nitrogens is 1. The van der Waals surface area contributed by atoms with E-state index in [-0.39, 0.29) is 16.8 Å². The molecule has 4 nitrogen and oxygen atoms in total. The van der Waals surface area contributed by atoms with Crippen molar-refractivity contribution < 1.29 is 9.90 Å². The lowest BCUT2D eigenvalue weighted by Crippen LogP contribution is -2.08. The van der Waals surface area contributed by atoms with Gasteiger partial charge in [0.1, 0.15) is 5.75 Å². The highest BCUT2D eigenvalue weighted by Crippen LogP contribution is 2.20. The molecule has 0 aliphatic heterocycles. The number of carbonyl (C=O) groups is 1. The molecule has 2 aromatic rings. The fourth-order valence-electron chi connectivity index (χ4n) is 1.39. The topological polar surface area (TPSA) is 70.2 Å². The highest BCUT2D eigenvalue weighted by Gasteiger charge is 2.04. The van der Waals surface area contributed by atoms with Gasteiger partial charge in [0.05, 0.1) is 11.1 Å². The second-order valence-corrected chi connectivity index (χ2v) is 2.91. The lowest BCUT2D eigenvalue weighted by Gasteiger charge is -1.99. The molecule has 2 rings (SSSR count). The number of aromatic amines is 1. The van der Waals surface area contributed by atoms with Gasteiger partial charge in [-0.3, -0.25) is 9.59 Å². The third-order valence-electron chi connectivity index (χ3n) is 2.00. The third kappa shape index (κ3) is 1.17. The molecule has 14 heavy (non-hydrogen) atoms. The van der Waals surface area contributed by atoms with E-state index in [4.69, 9.17) is 0 Å². The van der Waals surface area contributed by atoms with Gasteiger partial charge in [-0.25, -0.2) is 0 Å². The number of hydrogen-bond donors (Lipinski definition) is 2. The first-order valence-electron chi connectivity index (χ1n) is 4.02. The lowest BCUT2D eigenvalue weighted by molar-refractivity contribution is 0.111. The standard InChI is InChI=1S/C10H7NO3/c12-5-7-4-6-2-1-3-8(13)9(6)10(14)11-7/h1-5,13H,(H,11,14). The van der Waals surface area contributed by atoms with E-state index in [1.807, 2.05) is 0 Å². The van der Waals surface area contributed by atoms with Crippen molar-refractivity contribution in [3.63, 3.8) is 0 Å². The van der Waals surface area contributed by atoms with Gasteiger partial charge in [-0.1, -0.05) is 12.1 Å². The highest BCUT2D eigenvalue weighted by molar-refractivity contribution is 5.90. The van der Waals surface area contributed by atoms with E-state index >= 15 is 0 Å². The minimum atomic E-state index is -0.456. The summed E-state index contributed by atoms with van der Waals surface area (Å²) >= 11 is 0. The second-order valence-electron chi connectivity index (χ2n) is 2.91. The molecule has 2 N–H and O–H groups in total. The maximum atomic E-state index is 11.4. The average Bonchev–Trinajstić information content (AvgIpc) is 2.17. The summed E-state index contributed by atoms with van der Waals surface area (Å²) in [5.74, 6) is -0.0822. The number of phenolic OH excluding ortho intramolecular Hbond substituents is 1. The van der Waals surface area contributed by atoms with Crippen molar-refractivity contribution in [3.05, 3.63) is 40.3 Å². The zero-order valence-electron chi connectivity index (χ0n) is 7.15. The Labute approximate surface area is 78.8 Å². The van der Waals surface area contributed by atoms with Gasteiger partial charge in [-0.05, 0) is 17.5 Å². The summed E-state index contributed by atoms with van der Waals surface area (Å²) in [5, 5.41) is 10.2. The summed E-state index contributed by atoms with van der Waals surface area (Å²) in [6.45, 7) is 0. The van der Waals surface area contributed by atoms with Gasteiger partial charge in [-0.2, -0.15) is 0 Å². The van der Waals surface area contributed by atoms with Crippen LogP contribution >= 0.6 is 0 Å². The number of nitrogens with one attached hydrogen (secondary N) is 1. The Morgan fingerprint density at radius 3 is 2.86 bits per heavy atom. The Morgan fingerprint density at radius 1 is 1.36 bits per heavy atom. The fourth-order valence-corrected chi connectivity index (χ4v) is 1.39. The summed E-state index contributed by atoms with van der Waals surface area (Å²) in [7, 11) is 0. The van der Waals surface area contributed by atoms with Crippen LogP contribution in [0.2, 0.25) is 0 Å². The Bertz CT molecular complexity index is 557. The number of carbonyl (C=O) groups excluding carboxylic acids is 1. The first-order chi connectivity index (χ1) is 6.72. The number of hydrogen-bond acceptors (Lipinski definition) is 3. The van der Waals surface area contributed by atoms with Gasteiger partial charge < -0.3 is 10.1 Å². The Morgan fingerprint density at radius 2 is 2.14 bits per heavy atom. The smallest absolute Gasteiger partial charge is 0.260 e. The zero-order chi connectivity index (χ0) is 10.1. The van der Waals surface area contributed by atoms with E-state index in [0.717, 1.165) is 0 Å². The summed E-state index contributed by atoms with van der Waals surface area (Å²) in [4.78, 5) is 24.2. The van der Waals surface area contributed by atoms with Gasteiger partial charge >= 0.3 is 0 Å². The number of fused-ring (bicyclic) bond motifs is 1. The molecule has 0 bridgehead atoms. The van der Waals surface area contributed by atoms with E-state index in [0.29, 0.717) is 11.7 Å². The van der Waals surface area contributed by atoms with Gasteiger partial charge in [-0.15, -0.1) is 0 Å². The monoisotopic (exact) mass is 189 g/mol. The predicted molar refractivity (Wildman–Crippen MR) is 51.6 cm³/mol. The SMILES string of the molecule is O=Cc1cc2cccc(O)c2c(=O)[nH]1. The van der Waals surface area contributed by atoms with Crippen LogP contribution in [-0.2, 0) is 0 Å². The Balaban J connectivity index is 2.97. The quantitative estimate of drug-likeness (QED) is 0.658. The fraction of sp³-hybridized carbons (Fsp3) is 0. The van der Waals surface area contributed by atoms with Crippen LogP contribution in [0.1, 0.15) is 10.5 Å². The normalized spacial score (nSPS) is 10.3. The highest BCUT2D eigenvalue weighted by atomic mass is 16.3. The van der Waals surface area contributed by atoms with Gasteiger partial charge in [0.2, 0.25) is 0 Å². The van der Waals surface area contributed by atoms with Crippen LogP contribution in [0.3, 0.4) is 0 Å². The summed E-state index contributed by atoms with van der Waals surface area (Å²) in [6, 6.07) is 6.23. The molecule has 0 fully saturated rings. The van der Waals surface area contributed by atoms with Crippen molar-refractivity contribution in [2.45, 2.75) is 0 Å². The Kier molecular flexibility index (Phi) is 1.81. The molecule has 0 spiro atoms. The molecule has 1 aromatic carbocycles. The van der Waals surface area contributed by atoms with Crippen molar-refractivity contribution in [2.24, 2.45) is 0 Å². The third-order valence-corrected chi connectivity index (χ3v) is 2.00. The van der Waals surface area contributed by atoms with Crippen LogP contribution < -0.4 is 5.56 Å². The number of benzene rings is 1. The minimum absolute atomic E-state index is 0.0822. The van der Waals surface area contributed by atoms with Crippen molar-refractivity contribution in [1.82, 2.24) is 4.98 Å². The van der Waals surface area contributed by atoms with Crippen molar-refractivity contribution >= 4 is 17.1 Å². The molecule has 4 heteroatoms. The lowest BCUT2D eigenvalue weighted by atomic mass is 10.1. The van der Waals surface area contributed by atoms with E-state index in [1.165, 1.54) is 12.1 Å². The number of pyridine rings is 1. The molecule has 0 saturated carbocycles. The van der Waals surface area contributed by atoms with Gasteiger partial charge in [0.15, 0.2) is 6.29 Å². The molecule has 0 aliphatic carbocycles. The van der Waals surface area contributed by atoms with Crippen LogP contribution in [0.4, 0.5) is 0 Å². The van der Waals surface area contributed by atoms with Crippen LogP contribution in [0.15, 0.2) is 29.1 Å². The largest absolute Gasteiger partial charge is 0.507 e. The van der Waals surface area contributed by atoms with E-state index in [9.17, 15) is 14.7 Å². The van der Waals surface area contributed by atoms with E-state index in [1.54, 1.807) is 12.1 Å². The van der Waals surface area contributed by atoms with Crippen LogP contribution in [-0.4, -0.2) is 16.4 Å². The first-order valence-corrected chi connectivity index (χ1v) is 4.02. The molecular formula is C10H7NO3. The van der Waals surface area contributed by atoms with Crippen LogP contribution in [0.5, 0.6) is 5.75 Å². The maximum Gasteiger partial charge on any atom is 0.260 e. The molecule has 0 saturated heterocycles. The molecular weight excluding hydrogens is 182 g/mol. The second kappa shape index (κ2) is 2.99. The van der Waals surface area contributed by atoms with Crippen molar-refractivity contribution in [1.29, 1.82) is 0 Å². The number of H-pyrrole nitrogens is 1.